The molecule has 27 heavy (non-hydrogen) atoms. The number of pyridine rings is 1. The Morgan fingerprint density at radius 1 is 1.19 bits per heavy atom. The highest BCUT2D eigenvalue weighted by Crippen LogP contribution is 2.33. The molecule has 138 valence electrons. The molecule has 1 N–H and O–H groups in total. The fourth-order valence-corrected chi connectivity index (χ4v) is 3.87. The van der Waals surface area contributed by atoms with Gasteiger partial charge in [-0.3, -0.25) is 9.78 Å². The number of aromatic nitrogens is 2. The summed E-state index contributed by atoms with van der Waals surface area (Å²) in [6.45, 7) is 4.17. The fourth-order valence-electron chi connectivity index (χ4n) is 2.88. The van der Waals surface area contributed by atoms with Gasteiger partial charge in [-0.15, -0.1) is 11.3 Å². The first-order valence-electron chi connectivity index (χ1n) is 8.68. The van der Waals surface area contributed by atoms with Crippen LogP contribution in [0.3, 0.4) is 0 Å². The molecule has 1 amide bonds. The topological polar surface area (TPSA) is 73.3 Å². The van der Waals surface area contributed by atoms with E-state index in [1.807, 2.05) is 44.2 Å². The molecule has 2 aromatic heterocycles. The van der Waals surface area contributed by atoms with E-state index >= 15 is 0 Å². The van der Waals surface area contributed by atoms with Gasteiger partial charge in [0.2, 0.25) is 6.10 Å². The maximum Gasteiger partial charge on any atom is 0.265 e. The van der Waals surface area contributed by atoms with Crippen molar-refractivity contribution in [2.24, 2.45) is 0 Å². The van der Waals surface area contributed by atoms with Crippen molar-refractivity contribution in [2.45, 2.75) is 32.6 Å². The fraction of sp³-hybridized carbons (Fsp3) is 0.250. The van der Waals surface area contributed by atoms with E-state index in [0.717, 1.165) is 21.1 Å². The number of ether oxygens (including phenoxy) is 2. The van der Waals surface area contributed by atoms with Crippen LogP contribution in [0.15, 0.2) is 48.8 Å². The van der Waals surface area contributed by atoms with Crippen LogP contribution in [0.2, 0.25) is 0 Å². The molecule has 3 heterocycles. The minimum Gasteiger partial charge on any atom is -0.482 e. The third-order valence-electron chi connectivity index (χ3n) is 4.33. The molecular formula is C20H19N3O3S. The van der Waals surface area contributed by atoms with E-state index < -0.39 is 6.10 Å². The van der Waals surface area contributed by atoms with E-state index in [4.69, 9.17) is 9.47 Å². The summed E-state index contributed by atoms with van der Waals surface area (Å²) in [6.07, 6.45) is 2.46. The van der Waals surface area contributed by atoms with Gasteiger partial charge in [0, 0.05) is 22.8 Å². The second kappa shape index (κ2) is 7.36. The first kappa shape index (κ1) is 17.5. The summed E-state index contributed by atoms with van der Waals surface area (Å²) in [6, 6.07) is 11.2. The van der Waals surface area contributed by atoms with Gasteiger partial charge < -0.3 is 14.8 Å². The molecule has 1 aliphatic heterocycles. The van der Waals surface area contributed by atoms with Gasteiger partial charge in [-0.2, -0.15) is 0 Å². The summed E-state index contributed by atoms with van der Waals surface area (Å²) in [4.78, 5) is 22.4. The van der Waals surface area contributed by atoms with Crippen LogP contribution in [0.1, 0.15) is 17.5 Å². The van der Waals surface area contributed by atoms with Crippen molar-refractivity contribution in [3.63, 3.8) is 0 Å². The number of rotatable bonds is 4. The zero-order valence-corrected chi connectivity index (χ0v) is 15.8. The molecule has 0 spiro atoms. The molecule has 1 aliphatic rings. The van der Waals surface area contributed by atoms with Crippen LogP contribution in [0.25, 0.3) is 10.6 Å². The van der Waals surface area contributed by atoms with Gasteiger partial charge in [0.1, 0.15) is 11.1 Å². The molecule has 3 aromatic rings. The average molecular weight is 381 g/mol. The highest BCUT2D eigenvalue weighted by atomic mass is 32.1. The highest BCUT2D eigenvalue weighted by Gasteiger charge is 2.34. The lowest BCUT2D eigenvalue weighted by atomic mass is 10.1. The lowest BCUT2D eigenvalue weighted by Crippen LogP contribution is -2.48. The van der Waals surface area contributed by atoms with Gasteiger partial charge in [-0.1, -0.05) is 12.1 Å². The number of aryl methyl sites for hydroxylation is 1. The number of nitrogens with zero attached hydrogens (tertiary/aromatic N) is 2. The van der Waals surface area contributed by atoms with Gasteiger partial charge in [0.05, 0.1) is 12.2 Å². The summed E-state index contributed by atoms with van der Waals surface area (Å²) in [7, 11) is 0. The maximum atomic E-state index is 12.6. The molecule has 0 bridgehead atoms. The Morgan fingerprint density at radius 2 is 1.96 bits per heavy atom. The largest absolute Gasteiger partial charge is 0.482 e. The van der Waals surface area contributed by atoms with Crippen LogP contribution in [0, 0.1) is 6.92 Å². The van der Waals surface area contributed by atoms with Crippen LogP contribution < -0.4 is 14.8 Å². The smallest absolute Gasteiger partial charge is 0.265 e. The number of thiazole rings is 1. The van der Waals surface area contributed by atoms with Crippen molar-refractivity contribution in [3.8, 4) is 22.1 Å². The lowest BCUT2D eigenvalue weighted by Gasteiger charge is -2.30. The van der Waals surface area contributed by atoms with Crippen molar-refractivity contribution < 1.29 is 14.3 Å². The maximum absolute atomic E-state index is 12.6. The van der Waals surface area contributed by atoms with Gasteiger partial charge in [-0.05, 0) is 38.1 Å². The van der Waals surface area contributed by atoms with Crippen molar-refractivity contribution in [2.75, 3.05) is 0 Å². The Labute approximate surface area is 161 Å². The third kappa shape index (κ3) is 3.64. The molecule has 2 unspecified atom stereocenters. The van der Waals surface area contributed by atoms with Gasteiger partial charge in [0.15, 0.2) is 11.5 Å². The Morgan fingerprint density at radius 3 is 2.70 bits per heavy atom. The van der Waals surface area contributed by atoms with Crippen molar-refractivity contribution in [1.29, 1.82) is 0 Å². The van der Waals surface area contributed by atoms with E-state index in [9.17, 15) is 4.79 Å². The molecule has 0 fully saturated rings. The second-order valence-corrected chi connectivity index (χ2v) is 7.38. The molecule has 7 heteroatoms. The van der Waals surface area contributed by atoms with Crippen LogP contribution in [-0.2, 0) is 11.3 Å². The first-order valence-corrected chi connectivity index (χ1v) is 9.50. The van der Waals surface area contributed by atoms with E-state index in [1.165, 1.54) is 0 Å². The van der Waals surface area contributed by atoms with Crippen LogP contribution in [0.5, 0.6) is 11.5 Å². The Hall–Kier alpha value is -2.93. The number of benzene rings is 1. The molecule has 0 saturated heterocycles. The van der Waals surface area contributed by atoms with Crippen LogP contribution in [0.4, 0.5) is 0 Å². The van der Waals surface area contributed by atoms with E-state index in [0.29, 0.717) is 18.0 Å². The van der Waals surface area contributed by atoms with Crippen LogP contribution in [-0.4, -0.2) is 28.1 Å². The van der Waals surface area contributed by atoms with E-state index in [2.05, 4.69) is 15.3 Å². The number of hydrogen-bond acceptors (Lipinski definition) is 6. The number of hydrogen-bond donors (Lipinski definition) is 1. The average Bonchev–Trinajstić information content (AvgIpc) is 3.07. The Kier molecular flexibility index (Phi) is 4.77. The molecule has 2 atom stereocenters. The predicted octanol–water partition coefficient (Wildman–Crippen LogP) is 3.36. The third-order valence-corrected chi connectivity index (χ3v) is 5.53. The van der Waals surface area contributed by atoms with Crippen LogP contribution >= 0.6 is 11.3 Å². The molecule has 1 aromatic carbocycles. The minimum absolute atomic E-state index is 0.201. The Bertz CT molecular complexity index is 958. The summed E-state index contributed by atoms with van der Waals surface area (Å²) in [5.41, 5.74) is 1.87. The number of carbonyl (C=O) groups excluding carboxylic acids is 1. The quantitative estimate of drug-likeness (QED) is 0.750. The van der Waals surface area contributed by atoms with E-state index in [1.54, 1.807) is 29.8 Å². The van der Waals surface area contributed by atoms with Gasteiger partial charge in [0.25, 0.3) is 5.91 Å². The number of para-hydroxylation sites is 2. The number of carbonyl (C=O) groups is 1. The minimum atomic E-state index is -0.689. The predicted molar refractivity (Wildman–Crippen MR) is 103 cm³/mol. The number of amides is 1. The van der Waals surface area contributed by atoms with Crippen molar-refractivity contribution >= 4 is 17.2 Å². The second-order valence-electron chi connectivity index (χ2n) is 6.30. The van der Waals surface area contributed by atoms with E-state index in [-0.39, 0.29) is 12.0 Å². The molecule has 6 nitrogen and oxygen atoms in total. The number of fused-ring (bicyclic) bond motifs is 1. The summed E-state index contributed by atoms with van der Waals surface area (Å²) in [5, 5.41) is 3.84. The standard InChI is InChI=1S/C20H19N3O3S/c1-12-17(27-20(23-12)14-6-5-9-21-10-14)11-22-19(24)18-13(2)25-15-7-3-4-8-16(15)26-18/h3-10,13,18H,11H2,1-2H3,(H,22,24). The molecule has 0 radical (unpaired) electrons. The lowest BCUT2D eigenvalue weighted by molar-refractivity contribution is -0.133. The zero-order valence-electron chi connectivity index (χ0n) is 15.0. The normalized spacial score (nSPS) is 18.1. The monoisotopic (exact) mass is 381 g/mol. The summed E-state index contributed by atoms with van der Waals surface area (Å²) < 4.78 is 11.6. The molecule has 0 aliphatic carbocycles. The number of nitrogens with one attached hydrogen (secondary N) is 1. The van der Waals surface area contributed by atoms with Crippen molar-refractivity contribution in [1.82, 2.24) is 15.3 Å². The summed E-state index contributed by atoms with van der Waals surface area (Å²) in [5.74, 6) is 1.05. The zero-order chi connectivity index (χ0) is 18.8. The van der Waals surface area contributed by atoms with Gasteiger partial charge >= 0.3 is 0 Å². The van der Waals surface area contributed by atoms with Gasteiger partial charge in [-0.25, -0.2) is 4.98 Å². The SMILES string of the molecule is Cc1nc(-c2cccnc2)sc1CNC(=O)C1Oc2ccccc2OC1C. The molecule has 0 saturated carbocycles. The molecule has 4 rings (SSSR count). The Balaban J connectivity index is 1.43. The molecular weight excluding hydrogens is 362 g/mol. The first-order chi connectivity index (χ1) is 13.1. The summed E-state index contributed by atoms with van der Waals surface area (Å²) >= 11 is 1.55. The highest BCUT2D eigenvalue weighted by molar-refractivity contribution is 7.15. The van der Waals surface area contributed by atoms with Crippen molar-refractivity contribution in [3.05, 3.63) is 59.4 Å².